The van der Waals surface area contributed by atoms with Crippen LogP contribution >= 0.6 is 0 Å². The lowest BCUT2D eigenvalue weighted by atomic mass is 9.99. The van der Waals surface area contributed by atoms with Crippen LogP contribution in [0.25, 0.3) is 0 Å². The van der Waals surface area contributed by atoms with Crippen molar-refractivity contribution in [1.82, 2.24) is 9.55 Å². The van der Waals surface area contributed by atoms with Crippen molar-refractivity contribution < 1.29 is 5.11 Å². The average Bonchev–Trinajstić information content (AvgIpc) is 2.47. The molecule has 1 aliphatic heterocycles. The van der Waals surface area contributed by atoms with Crippen molar-refractivity contribution in [2.24, 2.45) is 5.92 Å². The van der Waals surface area contributed by atoms with Crippen LogP contribution in [0, 0.1) is 12.8 Å². The van der Waals surface area contributed by atoms with Crippen molar-refractivity contribution in [3.05, 3.63) is 17.7 Å². The van der Waals surface area contributed by atoms with Crippen LogP contribution in [0.4, 0.5) is 0 Å². The summed E-state index contributed by atoms with van der Waals surface area (Å²) in [4.78, 5) is 4.25. The molecular weight excluding hydrogens is 152 g/mol. The number of aliphatic hydroxyl groups excluding tert-OH is 1. The molecule has 1 N–H and O–H groups in total. The maximum atomic E-state index is 9.01. The monoisotopic (exact) mass is 166 g/mol. The summed E-state index contributed by atoms with van der Waals surface area (Å²) in [5.74, 6) is 1.51. The Morgan fingerprint density at radius 2 is 2.58 bits per heavy atom. The van der Waals surface area contributed by atoms with Gasteiger partial charge in [0.25, 0.3) is 0 Å². The Hall–Kier alpha value is -0.830. The van der Waals surface area contributed by atoms with Crippen molar-refractivity contribution in [3.8, 4) is 0 Å². The van der Waals surface area contributed by atoms with Crippen molar-refractivity contribution in [2.45, 2.75) is 26.3 Å². The molecule has 3 nitrogen and oxygen atoms in total. The Kier molecular flexibility index (Phi) is 1.89. The van der Waals surface area contributed by atoms with Gasteiger partial charge in [-0.3, -0.25) is 0 Å². The van der Waals surface area contributed by atoms with Crippen LogP contribution < -0.4 is 0 Å². The van der Waals surface area contributed by atoms with Gasteiger partial charge in [0.05, 0.1) is 0 Å². The predicted octanol–water partition coefficient (Wildman–Crippen LogP) is 0.746. The molecule has 2 rings (SSSR count). The first-order valence-corrected chi connectivity index (χ1v) is 4.43. The number of imidazole rings is 1. The van der Waals surface area contributed by atoms with Gasteiger partial charge in [0.15, 0.2) is 0 Å². The van der Waals surface area contributed by atoms with Gasteiger partial charge in [0.2, 0.25) is 0 Å². The summed E-state index contributed by atoms with van der Waals surface area (Å²) in [5, 5.41) is 9.01. The van der Waals surface area contributed by atoms with Crippen LogP contribution in [-0.2, 0) is 13.0 Å². The van der Waals surface area contributed by atoms with Gasteiger partial charge in [-0.25, -0.2) is 4.98 Å². The topological polar surface area (TPSA) is 38.0 Å². The third-order valence-electron chi connectivity index (χ3n) is 2.65. The molecule has 0 aliphatic carbocycles. The lowest BCUT2D eigenvalue weighted by molar-refractivity contribution is 0.191. The quantitative estimate of drug-likeness (QED) is 0.668. The lowest BCUT2D eigenvalue weighted by Gasteiger charge is -2.23. The molecule has 0 amide bonds. The van der Waals surface area contributed by atoms with Gasteiger partial charge >= 0.3 is 0 Å². The minimum absolute atomic E-state index is 0.303. The number of aryl methyl sites for hydroxylation is 2. The summed E-state index contributed by atoms with van der Waals surface area (Å²) in [6.45, 7) is 3.26. The molecule has 0 spiro atoms. The Labute approximate surface area is 72.0 Å². The van der Waals surface area contributed by atoms with E-state index in [-0.39, 0.29) is 0 Å². The van der Waals surface area contributed by atoms with E-state index in [2.05, 4.69) is 9.55 Å². The third kappa shape index (κ3) is 1.14. The van der Waals surface area contributed by atoms with E-state index in [0.29, 0.717) is 12.5 Å². The summed E-state index contributed by atoms with van der Waals surface area (Å²) in [6, 6.07) is 0. The molecule has 12 heavy (non-hydrogen) atoms. The smallest absolute Gasteiger partial charge is 0.105 e. The summed E-state index contributed by atoms with van der Waals surface area (Å²) in [6.07, 6.45) is 4.11. The molecule has 1 aliphatic rings. The van der Waals surface area contributed by atoms with Crippen molar-refractivity contribution in [2.75, 3.05) is 6.61 Å². The fourth-order valence-electron chi connectivity index (χ4n) is 1.81. The molecule has 1 unspecified atom stereocenters. The van der Waals surface area contributed by atoms with Crippen LogP contribution in [-0.4, -0.2) is 21.3 Å². The van der Waals surface area contributed by atoms with E-state index >= 15 is 0 Å². The number of rotatable bonds is 1. The highest BCUT2D eigenvalue weighted by Crippen LogP contribution is 2.20. The number of hydrogen-bond acceptors (Lipinski definition) is 2. The molecule has 1 aromatic rings. The lowest BCUT2D eigenvalue weighted by Crippen LogP contribution is -2.23. The average molecular weight is 166 g/mol. The van der Waals surface area contributed by atoms with E-state index in [9.17, 15) is 0 Å². The molecule has 3 heteroatoms. The molecule has 0 fully saturated rings. The first kappa shape index (κ1) is 7.80. The molecule has 0 aromatic carbocycles. The van der Waals surface area contributed by atoms with E-state index < -0.39 is 0 Å². The summed E-state index contributed by atoms with van der Waals surface area (Å²) < 4.78 is 2.21. The van der Waals surface area contributed by atoms with Crippen molar-refractivity contribution >= 4 is 0 Å². The highest BCUT2D eigenvalue weighted by molar-refractivity contribution is 5.07. The van der Waals surface area contributed by atoms with Gasteiger partial charge < -0.3 is 9.67 Å². The minimum atomic E-state index is 0.303. The molecule has 1 atom stereocenters. The summed E-state index contributed by atoms with van der Waals surface area (Å²) in [5.41, 5.74) is 1.32. The number of aliphatic hydroxyl groups is 1. The van der Waals surface area contributed by atoms with Gasteiger partial charge in [-0.15, -0.1) is 0 Å². The van der Waals surface area contributed by atoms with Gasteiger partial charge in [-0.2, -0.15) is 0 Å². The second kappa shape index (κ2) is 2.90. The second-order valence-electron chi connectivity index (χ2n) is 3.49. The molecule has 0 bridgehead atoms. The third-order valence-corrected chi connectivity index (χ3v) is 2.65. The standard InChI is InChI=1S/C9H14N2O/c1-7-10-4-9-3-2-8(6-12)5-11(7)9/h4,8,12H,2-3,5-6H2,1H3. The van der Waals surface area contributed by atoms with E-state index in [1.807, 2.05) is 13.1 Å². The highest BCUT2D eigenvalue weighted by Gasteiger charge is 2.18. The Balaban J connectivity index is 2.26. The zero-order chi connectivity index (χ0) is 8.55. The number of nitrogens with zero attached hydrogens (tertiary/aromatic N) is 2. The summed E-state index contributed by atoms with van der Waals surface area (Å²) in [7, 11) is 0. The number of hydrogen-bond donors (Lipinski definition) is 1. The SMILES string of the molecule is Cc1ncc2n1CC(CO)CC2. The Bertz CT molecular complexity index is 280. The fourth-order valence-corrected chi connectivity index (χ4v) is 1.81. The summed E-state index contributed by atoms with van der Waals surface area (Å²) >= 11 is 0. The largest absolute Gasteiger partial charge is 0.396 e. The van der Waals surface area contributed by atoms with Crippen molar-refractivity contribution in [1.29, 1.82) is 0 Å². The maximum absolute atomic E-state index is 9.01. The van der Waals surface area contributed by atoms with Gasteiger partial charge in [-0.1, -0.05) is 0 Å². The van der Waals surface area contributed by atoms with Gasteiger partial charge in [-0.05, 0) is 19.8 Å². The first-order valence-electron chi connectivity index (χ1n) is 4.43. The molecule has 0 saturated heterocycles. The number of fused-ring (bicyclic) bond motifs is 1. The highest BCUT2D eigenvalue weighted by atomic mass is 16.3. The van der Waals surface area contributed by atoms with E-state index in [4.69, 9.17) is 5.11 Å². The molecule has 1 aromatic heterocycles. The van der Waals surface area contributed by atoms with Gasteiger partial charge in [0, 0.05) is 31.0 Å². The molecule has 0 radical (unpaired) electrons. The van der Waals surface area contributed by atoms with Crippen LogP contribution in [0.2, 0.25) is 0 Å². The fraction of sp³-hybridized carbons (Fsp3) is 0.667. The zero-order valence-corrected chi connectivity index (χ0v) is 7.32. The predicted molar refractivity (Wildman–Crippen MR) is 45.9 cm³/mol. The molecular formula is C9H14N2O. The van der Waals surface area contributed by atoms with E-state index in [0.717, 1.165) is 25.2 Å². The van der Waals surface area contributed by atoms with Crippen LogP contribution in [0.1, 0.15) is 17.9 Å². The second-order valence-corrected chi connectivity index (χ2v) is 3.49. The maximum Gasteiger partial charge on any atom is 0.105 e. The molecule has 66 valence electrons. The van der Waals surface area contributed by atoms with Gasteiger partial charge in [0.1, 0.15) is 5.82 Å². The Morgan fingerprint density at radius 3 is 3.33 bits per heavy atom. The van der Waals surface area contributed by atoms with E-state index in [1.165, 1.54) is 5.69 Å². The molecule has 2 heterocycles. The molecule has 0 saturated carbocycles. The minimum Gasteiger partial charge on any atom is -0.396 e. The Morgan fingerprint density at radius 1 is 1.75 bits per heavy atom. The number of aromatic nitrogens is 2. The van der Waals surface area contributed by atoms with E-state index in [1.54, 1.807) is 0 Å². The van der Waals surface area contributed by atoms with Crippen LogP contribution in [0.15, 0.2) is 6.20 Å². The normalized spacial score (nSPS) is 22.3. The first-order chi connectivity index (χ1) is 5.81. The van der Waals surface area contributed by atoms with Crippen LogP contribution in [0.3, 0.4) is 0 Å². The van der Waals surface area contributed by atoms with Crippen LogP contribution in [0.5, 0.6) is 0 Å². The zero-order valence-electron chi connectivity index (χ0n) is 7.32. The van der Waals surface area contributed by atoms with Crippen molar-refractivity contribution in [3.63, 3.8) is 0 Å².